The van der Waals surface area contributed by atoms with Crippen molar-refractivity contribution in [2.75, 3.05) is 4.90 Å². The van der Waals surface area contributed by atoms with Crippen LogP contribution in [0.2, 0.25) is 0 Å². The number of anilines is 1. The molecule has 94 valence electrons. The summed E-state index contributed by atoms with van der Waals surface area (Å²) in [5, 5.41) is 12.6. The summed E-state index contributed by atoms with van der Waals surface area (Å²) < 4.78 is 0. The molecule has 0 unspecified atom stereocenters. The van der Waals surface area contributed by atoms with Gasteiger partial charge in [0.05, 0.1) is 6.20 Å². The van der Waals surface area contributed by atoms with Gasteiger partial charge in [-0.25, -0.2) is 0 Å². The van der Waals surface area contributed by atoms with E-state index in [1.54, 1.807) is 17.5 Å². The van der Waals surface area contributed by atoms with E-state index in [1.165, 1.54) is 18.4 Å². The maximum absolute atomic E-state index is 5.79. The summed E-state index contributed by atoms with van der Waals surface area (Å²) in [5.41, 5.74) is 8.20. The maximum atomic E-state index is 5.79. The van der Waals surface area contributed by atoms with E-state index < -0.39 is 0 Å². The number of hydrogen-bond acceptors (Lipinski definition) is 5. The summed E-state index contributed by atoms with van der Waals surface area (Å²) in [4.78, 5) is 2.34. The Kier molecular flexibility index (Phi) is 3.25. The van der Waals surface area contributed by atoms with Crippen LogP contribution in [0.1, 0.15) is 24.0 Å². The second-order valence-electron chi connectivity index (χ2n) is 4.57. The van der Waals surface area contributed by atoms with Crippen molar-refractivity contribution < 1.29 is 0 Å². The van der Waals surface area contributed by atoms with Crippen molar-refractivity contribution >= 4 is 17.2 Å². The van der Waals surface area contributed by atoms with Gasteiger partial charge in [-0.2, -0.15) is 16.4 Å². The molecule has 2 N–H and O–H groups in total. The van der Waals surface area contributed by atoms with Gasteiger partial charge in [0.2, 0.25) is 0 Å². The van der Waals surface area contributed by atoms with Crippen LogP contribution in [-0.2, 0) is 13.1 Å². The summed E-state index contributed by atoms with van der Waals surface area (Å²) >= 11 is 1.73. The van der Waals surface area contributed by atoms with Gasteiger partial charge in [-0.05, 0) is 41.3 Å². The van der Waals surface area contributed by atoms with Crippen LogP contribution in [0.15, 0.2) is 29.1 Å². The number of rotatable bonds is 5. The minimum atomic E-state index is 0.512. The average molecular weight is 260 g/mol. The first-order chi connectivity index (χ1) is 8.88. The number of aromatic nitrogens is 2. The highest BCUT2D eigenvalue weighted by Gasteiger charge is 2.31. The van der Waals surface area contributed by atoms with Crippen LogP contribution >= 0.6 is 11.3 Å². The van der Waals surface area contributed by atoms with Gasteiger partial charge in [0.1, 0.15) is 0 Å². The summed E-state index contributed by atoms with van der Waals surface area (Å²) in [6, 6.07) is 4.73. The van der Waals surface area contributed by atoms with Gasteiger partial charge in [0, 0.05) is 24.7 Å². The largest absolute Gasteiger partial charge is 0.348 e. The molecule has 1 aliphatic carbocycles. The fourth-order valence-electron chi connectivity index (χ4n) is 2.09. The molecule has 1 aliphatic rings. The first-order valence-corrected chi connectivity index (χ1v) is 7.11. The third-order valence-electron chi connectivity index (χ3n) is 3.19. The van der Waals surface area contributed by atoms with Crippen molar-refractivity contribution in [1.29, 1.82) is 0 Å². The van der Waals surface area contributed by atoms with Crippen LogP contribution in [0.25, 0.3) is 0 Å². The molecule has 18 heavy (non-hydrogen) atoms. The van der Waals surface area contributed by atoms with E-state index in [2.05, 4.69) is 31.9 Å². The lowest BCUT2D eigenvalue weighted by molar-refractivity contribution is 0.754. The van der Waals surface area contributed by atoms with Crippen LogP contribution < -0.4 is 10.6 Å². The Bertz CT molecular complexity index is 507. The van der Waals surface area contributed by atoms with Crippen molar-refractivity contribution in [1.82, 2.24) is 10.2 Å². The smallest absolute Gasteiger partial charge is 0.156 e. The molecule has 0 amide bonds. The lowest BCUT2D eigenvalue weighted by atomic mass is 10.2. The zero-order chi connectivity index (χ0) is 12.4. The molecule has 3 rings (SSSR count). The Morgan fingerprint density at radius 1 is 1.39 bits per heavy atom. The van der Waals surface area contributed by atoms with Gasteiger partial charge >= 0.3 is 0 Å². The average Bonchev–Trinajstić information content (AvgIpc) is 3.13. The summed E-state index contributed by atoms with van der Waals surface area (Å²) in [6.07, 6.45) is 4.19. The second kappa shape index (κ2) is 5.04. The Morgan fingerprint density at radius 3 is 2.94 bits per heavy atom. The van der Waals surface area contributed by atoms with Gasteiger partial charge in [0.25, 0.3) is 0 Å². The van der Waals surface area contributed by atoms with E-state index >= 15 is 0 Å². The lowest BCUT2D eigenvalue weighted by Crippen LogP contribution is -2.27. The normalized spacial score (nSPS) is 14.7. The van der Waals surface area contributed by atoms with Gasteiger partial charge < -0.3 is 10.6 Å². The minimum Gasteiger partial charge on any atom is -0.348 e. The van der Waals surface area contributed by atoms with E-state index in [4.69, 9.17) is 5.73 Å². The molecule has 0 radical (unpaired) electrons. The zero-order valence-corrected chi connectivity index (χ0v) is 10.9. The van der Waals surface area contributed by atoms with Crippen molar-refractivity contribution in [3.8, 4) is 0 Å². The third-order valence-corrected chi connectivity index (χ3v) is 3.93. The molecule has 5 heteroatoms. The first kappa shape index (κ1) is 11.6. The Morgan fingerprint density at radius 2 is 2.28 bits per heavy atom. The minimum absolute atomic E-state index is 0.512. The van der Waals surface area contributed by atoms with E-state index in [9.17, 15) is 0 Å². The molecule has 0 spiro atoms. The molecule has 2 heterocycles. The third kappa shape index (κ3) is 2.37. The van der Waals surface area contributed by atoms with E-state index in [-0.39, 0.29) is 0 Å². The SMILES string of the molecule is NCc1ccnnc1N(Cc1ccsc1)C1CC1. The van der Waals surface area contributed by atoms with Crippen LogP contribution in [0.4, 0.5) is 5.82 Å². The molecule has 1 saturated carbocycles. The highest BCUT2D eigenvalue weighted by Crippen LogP contribution is 2.33. The summed E-state index contributed by atoms with van der Waals surface area (Å²) in [7, 11) is 0. The van der Waals surface area contributed by atoms with Gasteiger partial charge in [-0.3, -0.25) is 0 Å². The summed E-state index contributed by atoms with van der Waals surface area (Å²) in [6.45, 7) is 1.41. The zero-order valence-electron chi connectivity index (χ0n) is 10.1. The van der Waals surface area contributed by atoms with E-state index in [1.807, 2.05) is 6.07 Å². The number of thiophene rings is 1. The molecular formula is C13H16N4S. The quantitative estimate of drug-likeness (QED) is 0.895. The fraction of sp³-hybridized carbons (Fsp3) is 0.385. The fourth-order valence-corrected chi connectivity index (χ4v) is 2.75. The van der Waals surface area contributed by atoms with E-state index in [0.29, 0.717) is 12.6 Å². The Hall–Kier alpha value is -1.46. The highest BCUT2D eigenvalue weighted by atomic mass is 32.1. The van der Waals surface area contributed by atoms with Crippen LogP contribution in [-0.4, -0.2) is 16.2 Å². The van der Waals surface area contributed by atoms with Gasteiger partial charge in [0.15, 0.2) is 5.82 Å². The number of hydrogen-bond donors (Lipinski definition) is 1. The molecule has 1 fully saturated rings. The molecule has 0 bridgehead atoms. The topological polar surface area (TPSA) is 55.0 Å². The van der Waals surface area contributed by atoms with Crippen molar-refractivity contribution in [2.45, 2.75) is 32.0 Å². The molecule has 0 aliphatic heterocycles. The maximum Gasteiger partial charge on any atom is 0.156 e. The first-order valence-electron chi connectivity index (χ1n) is 6.17. The van der Waals surface area contributed by atoms with Gasteiger partial charge in [-0.15, -0.1) is 5.10 Å². The molecule has 0 atom stereocenters. The lowest BCUT2D eigenvalue weighted by Gasteiger charge is -2.24. The Labute approximate surface area is 110 Å². The molecule has 4 nitrogen and oxygen atoms in total. The van der Waals surface area contributed by atoms with Crippen LogP contribution in [0, 0.1) is 0 Å². The standard InChI is InChI=1S/C13H16N4S/c14-7-11-3-5-15-16-13(11)17(12-1-2-12)8-10-4-6-18-9-10/h3-6,9,12H,1-2,7-8,14H2. The Balaban J connectivity index is 1.89. The summed E-state index contributed by atoms with van der Waals surface area (Å²) in [5.74, 6) is 0.952. The second-order valence-corrected chi connectivity index (χ2v) is 5.35. The predicted octanol–water partition coefficient (Wildman–Crippen LogP) is 2.17. The molecule has 0 saturated heterocycles. The molecule has 2 aromatic rings. The highest BCUT2D eigenvalue weighted by molar-refractivity contribution is 7.07. The van der Waals surface area contributed by atoms with Gasteiger partial charge in [-0.1, -0.05) is 0 Å². The molecule has 0 aromatic carbocycles. The number of nitrogens with two attached hydrogens (primary N) is 1. The van der Waals surface area contributed by atoms with Crippen LogP contribution in [0.5, 0.6) is 0 Å². The molecule has 2 aromatic heterocycles. The van der Waals surface area contributed by atoms with E-state index in [0.717, 1.165) is 17.9 Å². The predicted molar refractivity (Wildman–Crippen MR) is 73.4 cm³/mol. The van der Waals surface area contributed by atoms with Crippen LogP contribution in [0.3, 0.4) is 0 Å². The van der Waals surface area contributed by atoms with Crippen molar-refractivity contribution in [3.63, 3.8) is 0 Å². The molecular weight excluding hydrogens is 244 g/mol. The number of nitrogens with zero attached hydrogens (tertiary/aromatic N) is 3. The van der Waals surface area contributed by atoms with Crippen molar-refractivity contribution in [2.24, 2.45) is 5.73 Å². The monoisotopic (exact) mass is 260 g/mol. The van der Waals surface area contributed by atoms with Crippen molar-refractivity contribution in [3.05, 3.63) is 40.2 Å².